The Morgan fingerprint density at radius 3 is 2.56 bits per heavy atom. The zero-order chi connectivity index (χ0) is 6.91. The van der Waals surface area contributed by atoms with Crippen LogP contribution in [0, 0.1) is 6.26 Å². The molecule has 0 atom stereocenters. The zero-order valence-corrected chi connectivity index (χ0v) is 5.60. The van der Waals surface area contributed by atoms with Crippen molar-refractivity contribution in [1.82, 2.24) is 0 Å². The fourth-order valence-electron chi connectivity index (χ4n) is 0.421. The van der Waals surface area contributed by atoms with Crippen LogP contribution >= 0.6 is 0 Å². The van der Waals surface area contributed by atoms with E-state index in [1.165, 1.54) is 12.3 Å². The molecule has 0 saturated carbocycles. The molecule has 0 unspecified atom stereocenters. The first-order valence-corrected chi connectivity index (χ1v) is 4.15. The molecule has 0 bridgehead atoms. The normalized spacial score (nSPS) is 11.7. The van der Waals surface area contributed by atoms with Gasteiger partial charge >= 0.3 is 0 Å². The number of hydrogen-bond donors (Lipinski definition) is 0. The number of hydrogen-bond acceptors (Lipinski definition) is 3. The van der Waals surface area contributed by atoms with E-state index in [-0.39, 0.29) is 4.90 Å². The maximum Gasteiger partial charge on any atom is 0.189 e. The molecule has 3 nitrogen and oxygen atoms in total. The van der Waals surface area contributed by atoms with E-state index < -0.39 is 9.84 Å². The third-order valence-corrected chi connectivity index (χ3v) is 1.86. The predicted octanol–water partition coefficient (Wildman–Crippen LogP) is 0.483. The van der Waals surface area contributed by atoms with Gasteiger partial charge in [0.05, 0.1) is 6.26 Å². The van der Waals surface area contributed by atoms with Gasteiger partial charge in [-0.25, -0.2) is 8.42 Å². The van der Waals surface area contributed by atoms with Crippen LogP contribution in [0.15, 0.2) is 21.6 Å². The highest BCUT2D eigenvalue weighted by molar-refractivity contribution is 7.90. The van der Waals surface area contributed by atoms with E-state index >= 15 is 0 Å². The van der Waals surface area contributed by atoms with Crippen molar-refractivity contribution in [1.29, 1.82) is 0 Å². The van der Waals surface area contributed by atoms with Crippen LogP contribution in [-0.4, -0.2) is 14.7 Å². The van der Waals surface area contributed by atoms with Crippen LogP contribution in [0.25, 0.3) is 0 Å². The molecule has 0 saturated heterocycles. The van der Waals surface area contributed by atoms with Gasteiger partial charge in [-0.2, -0.15) is 0 Å². The molecular formula is C5H5O3S. The monoisotopic (exact) mass is 145 g/mol. The highest BCUT2D eigenvalue weighted by atomic mass is 32.2. The first-order chi connectivity index (χ1) is 4.11. The summed E-state index contributed by atoms with van der Waals surface area (Å²) in [6.07, 6.45) is 4.59. The topological polar surface area (TPSA) is 47.3 Å². The SMILES string of the molecule is CS(=O)(=O)c1[c]occ1. The molecule has 9 heavy (non-hydrogen) atoms. The van der Waals surface area contributed by atoms with Crippen molar-refractivity contribution < 1.29 is 12.8 Å². The summed E-state index contributed by atoms with van der Waals surface area (Å²) in [5, 5.41) is 0. The number of furan rings is 1. The maximum absolute atomic E-state index is 10.6. The van der Waals surface area contributed by atoms with Gasteiger partial charge in [0.25, 0.3) is 0 Å². The van der Waals surface area contributed by atoms with Gasteiger partial charge in [0.2, 0.25) is 0 Å². The second-order valence-corrected chi connectivity index (χ2v) is 3.64. The molecular weight excluding hydrogens is 140 g/mol. The third-order valence-electron chi connectivity index (χ3n) is 0.846. The second kappa shape index (κ2) is 1.88. The highest BCUT2D eigenvalue weighted by Gasteiger charge is 2.07. The van der Waals surface area contributed by atoms with Gasteiger partial charge in [0, 0.05) is 6.26 Å². The van der Waals surface area contributed by atoms with Crippen LogP contribution in [0.2, 0.25) is 0 Å². The lowest BCUT2D eigenvalue weighted by molar-refractivity contribution is 0.548. The van der Waals surface area contributed by atoms with Crippen LogP contribution in [0.3, 0.4) is 0 Å². The molecule has 1 radical (unpaired) electrons. The fourth-order valence-corrected chi connectivity index (χ4v) is 0.923. The predicted molar refractivity (Wildman–Crippen MR) is 30.7 cm³/mol. The molecule has 4 heteroatoms. The van der Waals surface area contributed by atoms with E-state index in [1.807, 2.05) is 0 Å². The Morgan fingerprint density at radius 1 is 1.67 bits per heavy atom. The third kappa shape index (κ3) is 1.32. The lowest BCUT2D eigenvalue weighted by Crippen LogP contribution is -1.93. The van der Waals surface area contributed by atoms with Crippen LogP contribution in [0.5, 0.6) is 0 Å². The Morgan fingerprint density at radius 2 is 2.33 bits per heavy atom. The van der Waals surface area contributed by atoms with E-state index in [0.717, 1.165) is 6.26 Å². The largest absolute Gasteiger partial charge is 0.460 e. The second-order valence-electron chi connectivity index (χ2n) is 1.66. The molecule has 0 aliphatic carbocycles. The van der Waals surface area contributed by atoms with Gasteiger partial charge < -0.3 is 4.42 Å². The summed E-state index contributed by atoms with van der Waals surface area (Å²) in [6.45, 7) is 0. The number of rotatable bonds is 1. The van der Waals surface area contributed by atoms with Crippen LogP contribution in [0.4, 0.5) is 0 Å². The van der Waals surface area contributed by atoms with Crippen molar-refractivity contribution in [2.45, 2.75) is 4.90 Å². The first kappa shape index (κ1) is 6.35. The quantitative estimate of drug-likeness (QED) is 0.577. The van der Waals surface area contributed by atoms with Gasteiger partial charge in [0.15, 0.2) is 16.1 Å². The molecule has 0 aliphatic heterocycles. The molecule has 0 spiro atoms. The minimum atomic E-state index is -3.11. The standard InChI is InChI=1S/C5H5O3S/c1-9(6,7)5-2-3-8-4-5/h2-3H,1H3. The molecule has 49 valence electrons. The van der Waals surface area contributed by atoms with Gasteiger partial charge in [-0.1, -0.05) is 0 Å². The Balaban J connectivity index is 3.20. The molecule has 1 aromatic rings. The van der Waals surface area contributed by atoms with Crippen LogP contribution in [-0.2, 0) is 9.84 Å². The fraction of sp³-hybridized carbons (Fsp3) is 0.200. The average Bonchev–Trinajstić information content (AvgIpc) is 2.08. The Bertz CT molecular complexity index is 269. The summed E-state index contributed by atoms with van der Waals surface area (Å²) in [6, 6.07) is 1.36. The molecule has 0 amide bonds. The van der Waals surface area contributed by atoms with Crippen molar-refractivity contribution >= 4 is 9.84 Å². The van der Waals surface area contributed by atoms with E-state index in [9.17, 15) is 8.42 Å². The van der Waals surface area contributed by atoms with E-state index in [2.05, 4.69) is 10.7 Å². The lowest BCUT2D eigenvalue weighted by Gasteiger charge is -1.84. The Hall–Kier alpha value is -0.770. The van der Waals surface area contributed by atoms with Gasteiger partial charge in [-0.3, -0.25) is 0 Å². The molecule has 0 aromatic carbocycles. The van der Waals surface area contributed by atoms with Crippen molar-refractivity contribution in [2.75, 3.05) is 6.26 Å². The Labute approximate surface area is 53.2 Å². The van der Waals surface area contributed by atoms with Gasteiger partial charge in [-0.05, 0) is 6.07 Å². The van der Waals surface area contributed by atoms with Gasteiger partial charge in [-0.15, -0.1) is 0 Å². The first-order valence-electron chi connectivity index (χ1n) is 2.26. The molecule has 0 N–H and O–H groups in total. The summed E-state index contributed by atoms with van der Waals surface area (Å²) >= 11 is 0. The smallest absolute Gasteiger partial charge is 0.189 e. The lowest BCUT2D eigenvalue weighted by atomic mass is 10.7. The summed E-state index contributed by atoms with van der Waals surface area (Å²) in [4.78, 5) is 0.0995. The minimum absolute atomic E-state index is 0.0995. The van der Waals surface area contributed by atoms with E-state index in [4.69, 9.17) is 0 Å². The molecule has 0 aliphatic rings. The van der Waals surface area contributed by atoms with Crippen molar-refractivity contribution in [3.05, 3.63) is 18.6 Å². The van der Waals surface area contributed by atoms with Crippen molar-refractivity contribution in [2.24, 2.45) is 0 Å². The van der Waals surface area contributed by atoms with E-state index in [0.29, 0.717) is 0 Å². The average molecular weight is 145 g/mol. The summed E-state index contributed by atoms with van der Waals surface area (Å²) in [5.74, 6) is 0. The maximum atomic E-state index is 10.6. The van der Waals surface area contributed by atoms with E-state index in [1.54, 1.807) is 0 Å². The molecule has 0 fully saturated rings. The van der Waals surface area contributed by atoms with Gasteiger partial charge in [0.1, 0.15) is 4.90 Å². The number of sulfone groups is 1. The minimum Gasteiger partial charge on any atom is -0.460 e. The summed E-state index contributed by atoms with van der Waals surface area (Å²) in [7, 11) is -3.11. The van der Waals surface area contributed by atoms with Crippen LogP contribution < -0.4 is 0 Å². The molecule has 1 aromatic heterocycles. The Kier molecular flexibility index (Phi) is 1.32. The highest BCUT2D eigenvalue weighted by Crippen LogP contribution is 2.05. The van der Waals surface area contributed by atoms with Crippen molar-refractivity contribution in [3.63, 3.8) is 0 Å². The summed E-state index contributed by atoms with van der Waals surface area (Å²) in [5.41, 5.74) is 0. The zero-order valence-electron chi connectivity index (χ0n) is 4.79. The molecule has 1 heterocycles. The van der Waals surface area contributed by atoms with Crippen molar-refractivity contribution in [3.8, 4) is 0 Å². The van der Waals surface area contributed by atoms with Crippen LogP contribution in [0.1, 0.15) is 0 Å². The summed E-state index contributed by atoms with van der Waals surface area (Å²) < 4.78 is 25.6. The molecule has 1 rings (SSSR count).